The number of allylic oxidation sites excluding steroid dienone is 1. The monoisotopic (exact) mass is 430 g/mol. The van der Waals surface area contributed by atoms with Crippen LogP contribution in [0.4, 0.5) is 0 Å². The minimum atomic E-state index is -0.522. The molecule has 0 amide bonds. The molecule has 2 N–H and O–H groups in total. The van der Waals surface area contributed by atoms with Crippen molar-refractivity contribution >= 4 is 45.2 Å². The van der Waals surface area contributed by atoms with Gasteiger partial charge in [-0.05, 0) is 36.8 Å². The number of benzene rings is 2. The predicted octanol–water partition coefficient (Wildman–Crippen LogP) is 4.55. The Morgan fingerprint density at radius 1 is 1.16 bits per heavy atom. The summed E-state index contributed by atoms with van der Waals surface area (Å²) in [6.45, 7) is 1.58. The van der Waals surface area contributed by atoms with Crippen molar-refractivity contribution in [2.75, 3.05) is 12.4 Å². The molecule has 8 heteroatoms. The first kappa shape index (κ1) is 20.4. The molecule has 0 atom stereocenters. The number of pyridine rings is 1. The molecular weight excluding hydrogens is 412 g/mol. The molecule has 0 unspecified atom stereocenters. The Kier molecular flexibility index (Phi) is 5.87. The molecule has 0 saturated heterocycles. The molecule has 0 bridgehead atoms. The summed E-state index contributed by atoms with van der Waals surface area (Å²) < 4.78 is 5.13. The van der Waals surface area contributed by atoms with Crippen LogP contribution in [0.25, 0.3) is 27.5 Å². The molecule has 0 saturated carbocycles. The summed E-state index contributed by atoms with van der Waals surface area (Å²) in [5.41, 5.74) is 3.28. The summed E-state index contributed by atoms with van der Waals surface area (Å²) in [5.74, 6) is -0.627. The number of aromatic amines is 1. The van der Waals surface area contributed by atoms with Crippen molar-refractivity contribution in [1.29, 1.82) is 5.26 Å². The third kappa shape index (κ3) is 4.52. The molecule has 31 heavy (non-hydrogen) atoms. The van der Waals surface area contributed by atoms with Crippen molar-refractivity contribution in [3.05, 3.63) is 71.7 Å². The van der Waals surface area contributed by atoms with E-state index >= 15 is 0 Å². The Bertz CT molecular complexity index is 1320. The van der Waals surface area contributed by atoms with Crippen LogP contribution < -0.4 is 0 Å². The molecule has 2 aromatic heterocycles. The summed E-state index contributed by atoms with van der Waals surface area (Å²) in [7, 11) is 0. The van der Waals surface area contributed by atoms with Crippen LogP contribution in [0.3, 0.4) is 0 Å². The number of carbonyl (C=O) groups is 1. The molecule has 0 aliphatic rings. The molecule has 0 aliphatic carbocycles. The number of aryl methyl sites for hydroxylation is 1. The fourth-order valence-corrected chi connectivity index (χ4v) is 3.89. The van der Waals surface area contributed by atoms with Gasteiger partial charge in [0.25, 0.3) is 0 Å². The molecule has 2 aromatic carbocycles. The summed E-state index contributed by atoms with van der Waals surface area (Å²) in [5, 5.41) is 21.5. The van der Waals surface area contributed by atoms with Crippen LogP contribution in [0.15, 0.2) is 65.4 Å². The number of nitrogens with one attached hydrogen (secondary N) is 1. The average molecular weight is 430 g/mol. The first-order valence-electron chi connectivity index (χ1n) is 9.47. The van der Waals surface area contributed by atoms with Gasteiger partial charge in [0.05, 0.1) is 27.3 Å². The number of para-hydroxylation sites is 3. The van der Waals surface area contributed by atoms with Crippen molar-refractivity contribution in [2.24, 2.45) is 0 Å². The van der Waals surface area contributed by atoms with E-state index in [0.29, 0.717) is 10.5 Å². The molecule has 4 rings (SSSR count). The summed E-state index contributed by atoms with van der Waals surface area (Å²) in [6, 6.07) is 18.9. The number of ether oxygens (including phenoxy) is 1. The number of H-pyrrole nitrogens is 1. The number of esters is 1. The summed E-state index contributed by atoms with van der Waals surface area (Å²) >= 11 is 1.26. The Hall–Kier alpha value is -3.83. The zero-order valence-corrected chi connectivity index (χ0v) is 17.4. The molecule has 0 radical (unpaired) electrons. The highest BCUT2D eigenvalue weighted by atomic mass is 32.2. The van der Waals surface area contributed by atoms with E-state index in [-0.39, 0.29) is 22.9 Å². The molecule has 0 spiro atoms. The number of aliphatic hydroxyl groups is 1. The highest BCUT2D eigenvalue weighted by Gasteiger charge is 2.15. The second-order valence-electron chi connectivity index (χ2n) is 6.78. The Morgan fingerprint density at radius 2 is 1.90 bits per heavy atom. The lowest BCUT2D eigenvalue weighted by molar-refractivity contribution is -0.140. The third-order valence-electron chi connectivity index (χ3n) is 4.63. The molecule has 154 valence electrons. The standard InChI is InChI=1S/C23H18N4O3S/c1-14-10-21(25-17-7-3-2-6-15(14)17)31-13-22(29)30-12-20(28)16(11-24)23-26-18-8-4-5-9-19(18)27-23/h2-10,28H,12-13H2,1H3,(H,26,27)/b20-16+. The SMILES string of the molecule is Cc1cc(SCC(=O)OC/C(O)=C(/C#N)c2nc3ccccc3[nH]2)nc2ccccc12. The van der Waals surface area contributed by atoms with Crippen LogP contribution in [0.1, 0.15) is 11.4 Å². The number of imidazole rings is 1. The highest BCUT2D eigenvalue weighted by molar-refractivity contribution is 7.99. The van der Waals surface area contributed by atoms with Crippen LogP contribution in [0, 0.1) is 18.3 Å². The Balaban J connectivity index is 1.40. The van der Waals surface area contributed by atoms with Gasteiger partial charge in [-0.15, -0.1) is 0 Å². The van der Waals surface area contributed by atoms with Crippen LogP contribution in [-0.4, -0.2) is 38.4 Å². The molecule has 0 aliphatic heterocycles. The van der Waals surface area contributed by atoms with Crippen molar-refractivity contribution in [3.63, 3.8) is 0 Å². The summed E-state index contributed by atoms with van der Waals surface area (Å²) in [6.07, 6.45) is 0. The number of aliphatic hydroxyl groups excluding tert-OH is 1. The van der Waals surface area contributed by atoms with Crippen LogP contribution in [0.2, 0.25) is 0 Å². The number of fused-ring (bicyclic) bond motifs is 2. The van der Waals surface area contributed by atoms with E-state index in [1.54, 1.807) is 6.07 Å². The number of nitriles is 1. The molecular formula is C23H18N4O3S. The summed E-state index contributed by atoms with van der Waals surface area (Å²) in [4.78, 5) is 24.0. The maximum absolute atomic E-state index is 12.1. The van der Waals surface area contributed by atoms with Gasteiger partial charge in [-0.2, -0.15) is 5.26 Å². The fourth-order valence-electron chi connectivity index (χ4n) is 3.11. The predicted molar refractivity (Wildman–Crippen MR) is 119 cm³/mol. The smallest absolute Gasteiger partial charge is 0.316 e. The van der Waals surface area contributed by atoms with Gasteiger partial charge in [0, 0.05) is 5.39 Å². The topological polar surface area (TPSA) is 112 Å². The van der Waals surface area contributed by atoms with E-state index in [9.17, 15) is 15.2 Å². The number of hydrogen-bond donors (Lipinski definition) is 2. The molecule has 4 aromatic rings. The van der Waals surface area contributed by atoms with E-state index in [0.717, 1.165) is 22.0 Å². The van der Waals surface area contributed by atoms with Gasteiger partial charge in [0.15, 0.2) is 11.6 Å². The second kappa shape index (κ2) is 8.90. The highest BCUT2D eigenvalue weighted by Crippen LogP contribution is 2.24. The molecule has 7 nitrogen and oxygen atoms in total. The quantitative estimate of drug-likeness (QED) is 0.200. The maximum Gasteiger partial charge on any atom is 0.316 e. The largest absolute Gasteiger partial charge is 0.507 e. The van der Waals surface area contributed by atoms with Gasteiger partial charge in [-0.1, -0.05) is 42.1 Å². The molecule has 2 heterocycles. The lowest BCUT2D eigenvalue weighted by Crippen LogP contribution is -2.11. The van der Waals surface area contributed by atoms with Gasteiger partial charge in [-0.3, -0.25) is 4.79 Å². The van der Waals surface area contributed by atoms with Crippen molar-refractivity contribution < 1.29 is 14.6 Å². The van der Waals surface area contributed by atoms with E-state index in [2.05, 4.69) is 15.0 Å². The van der Waals surface area contributed by atoms with Gasteiger partial charge in [0.2, 0.25) is 0 Å². The van der Waals surface area contributed by atoms with Crippen molar-refractivity contribution in [1.82, 2.24) is 15.0 Å². The van der Waals surface area contributed by atoms with E-state index in [4.69, 9.17) is 4.74 Å². The zero-order valence-electron chi connectivity index (χ0n) is 16.6. The normalized spacial score (nSPS) is 11.9. The number of carbonyl (C=O) groups excluding carboxylic acids is 1. The van der Waals surface area contributed by atoms with Crippen LogP contribution in [0.5, 0.6) is 0 Å². The number of rotatable bonds is 6. The Labute approximate surface area is 182 Å². The first-order valence-corrected chi connectivity index (χ1v) is 10.5. The van der Waals surface area contributed by atoms with Crippen LogP contribution in [-0.2, 0) is 9.53 Å². The number of thioether (sulfide) groups is 1. The minimum absolute atomic E-state index is 0.0323. The maximum atomic E-state index is 12.1. The Morgan fingerprint density at radius 3 is 2.68 bits per heavy atom. The number of nitrogens with zero attached hydrogens (tertiary/aromatic N) is 3. The van der Waals surface area contributed by atoms with Gasteiger partial charge < -0.3 is 14.8 Å². The average Bonchev–Trinajstić information content (AvgIpc) is 3.20. The lowest BCUT2D eigenvalue weighted by atomic mass is 10.1. The van der Waals surface area contributed by atoms with Gasteiger partial charge in [0.1, 0.15) is 18.2 Å². The van der Waals surface area contributed by atoms with Crippen LogP contribution >= 0.6 is 11.8 Å². The third-order valence-corrected chi connectivity index (χ3v) is 5.52. The van der Waals surface area contributed by atoms with E-state index in [1.165, 1.54) is 11.8 Å². The minimum Gasteiger partial charge on any atom is -0.507 e. The second-order valence-corrected chi connectivity index (χ2v) is 7.78. The number of hydrogen-bond acceptors (Lipinski definition) is 7. The first-order chi connectivity index (χ1) is 15.0. The lowest BCUT2D eigenvalue weighted by Gasteiger charge is -2.07. The fraction of sp³-hybridized carbons (Fsp3) is 0.130. The van der Waals surface area contributed by atoms with Crippen molar-refractivity contribution in [3.8, 4) is 6.07 Å². The van der Waals surface area contributed by atoms with E-state index < -0.39 is 12.6 Å². The molecule has 0 fully saturated rings. The van der Waals surface area contributed by atoms with Crippen molar-refractivity contribution in [2.45, 2.75) is 11.9 Å². The van der Waals surface area contributed by atoms with Gasteiger partial charge in [-0.25, -0.2) is 9.97 Å². The zero-order chi connectivity index (χ0) is 21.8. The number of aromatic nitrogens is 3. The van der Waals surface area contributed by atoms with E-state index in [1.807, 2.05) is 61.5 Å². The van der Waals surface area contributed by atoms with Gasteiger partial charge >= 0.3 is 5.97 Å².